The molecule has 12 heteroatoms. The van der Waals surface area contributed by atoms with Crippen molar-refractivity contribution < 1.29 is 32.2 Å². The molecule has 1 saturated carbocycles. The van der Waals surface area contributed by atoms with Gasteiger partial charge in [-0.2, -0.15) is 4.98 Å². The number of nitrogens with one attached hydrogen (secondary N) is 1. The number of rotatable bonds is 9. The van der Waals surface area contributed by atoms with Crippen LogP contribution in [0.3, 0.4) is 0 Å². The molecule has 0 amide bonds. The van der Waals surface area contributed by atoms with Gasteiger partial charge in [-0.1, -0.05) is 11.6 Å². The van der Waals surface area contributed by atoms with Gasteiger partial charge in [-0.05, 0) is 50.3 Å². The van der Waals surface area contributed by atoms with Gasteiger partial charge in [-0.15, -0.1) is 0 Å². The SMILES string of the molecule is CS(=O)(=O)CCCOc1ccc(-c2nc3nc(OC4CCC(C(=O)O)CC4)[nH]c3cc2Cl)c(F)c1. The molecule has 3 aromatic rings. The topological polar surface area (TPSA) is 131 Å². The van der Waals surface area contributed by atoms with Gasteiger partial charge in [0.15, 0.2) is 5.65 Å². The van der Waals surface area contributed by atoms with Crippen molar-refractivity contribution in [3.63, 3.8) is 0 Å². The Morgan fingerprint density at radius 2 is 1.97 bits per heavy atom. The second-order valence-electron chi connectivity index (χ2n) is 8.64. The van der Waals surface area contributed by atoms with Gasteiger partial charge in [0.25, 0.3) is 6.01 Å². The molecule has 2 aromatic heterocycles. The number of carboxylic acids is 1. The summed E-state index contributed by atoms with van der Waals surface area (Å²) in [5.41, 5.74) is 1.21. The van der Waals surface area contributed by atoms with Crippen LogP contribution in [0.15, 0.2) is 24.3 Å². The van der Waals surface area contributed by atoms with Crippen LogP contribution in [-0.4, -0.2) is 59.2 Å². The van der Waals surface area contributed by atoms with E-state index in [9.17, 15) is 17.6 Å². The van der Waals surface area contributed by atoms with Gasteiger partial charge in [0.05, 0.1) is 34.5 Å². The number of nitrogens with zero attached hydrogens (tertiary/aromatic N) is 2. The molecule has 1 aliphatic carbocycles. The molecule has 0 radical (unpaired) electrons. The normalized spacial score (nSPS) is 18.5. The van der Waals surface area contributed by atoms with E-state index >= 15 is 0 Å². The van der Waals surface area contributed by atoms with Crippen LogP contribution < -0.4 is 9.47 Å². The molecule has 0 spiro atoms. The molecule has 0 unspecified atom stereocenters. The second kappa shape index (κ2) is 10.4. The molecule has 0 saturated heterocycles. The smallest absolute Gasteiger partial charge is 0.306 e. The lowest BCUT2D eigenvalue weighted by Gasteiger charge is -2.25. The lowest BCUT2D eigenvalue weighted by Crippen LogP contribution is -2.28. The highest BCUT2D eigenvalue weighted by Crippen LogP contribution is 2.33. The second-order valence-corrected chi connectivity index (χ2v) is 11.3. The Morgan fingerprint density at radius 1 is 1.23 bits per heavy atom. The molecule has 1 aliphatic rings. The Morgan fingerprint density at radius 3 is 2.63 bits per heavy atom. The van der Waals surface area contributed by atoms with Crippen molar-refractivity contribution in [3.8, 4) is 23.0 Å². The van der Waals surface area contributed by atoms with Gasteiger partial charge < -0.3 is 19.6 Å². The maximum Gasteiger partial charge on any atom is 0.306 e. The summed E-state index contributed by atoms with van der Waals surface area (Å²) in [5, 5.41) is 9.35. The summed E-state index contributed by atoms with van der Waals surface area (Å²) in [6, 6.07) is 6.10. The number of carboxylic acid groups (broad SMARTS) is 1. The number of pyridine rings is 1. The van der Waals surface area contributed by atoms with E-state index in [1.54, 1.807) is 12.1 Å². The van der Waals surface area contributed by atoms with Gasteiger partial charge in [-0.3, -0.25) is 4.79 Å². The third-order valence-electron chi connectivity index (χ3n) is 5.83. The van der Waals surface area contributed by atoms with Crippen LogP contribution in [0.2, 0.25) is 5.02 Å². The van der Waals surface area contributed by atoms with Crippen LogP contribution >= 0.6 is 11.6 Å². The summed E-state index contributed by atoms with van der Waals surface area (Å²) in [5.74, 6) is -1.46. The number of carbonyl (C=O) groups is 1. The Bertz CT molecular complexity index is 1340. The van der Waals surface area contributed by atoms with Crippen LogP contribution in [0, 0.1) is 11.7 Å². The predicted octanol–water partition coefficient (Wildman–Crippen LogP) is 4.25. The molecule has 1 aromatic carbocycles. The summed E-state index contributed by atoms with van der Waals surface area (Å²) < 4.78 is 48.6. The predicted molar refractivity (Wildman–Crippen MR) is 128 cm³/mol. The van der Waals surface area contributed by atoms with Crippen molar-refractivity contribution in [2.24, 2.45) is 5.92 Å². The number of sulfone groups is 1. The Labute approximate surface area is 206 Å². The van der Waals surface area contributed by atoms with Crippen LogP contribution in [0.1, 0.15) is 32.1 Å². The van der Waals surface area contributed by atoms with E-state index in [0.717, 1.165) is 6.26 Å². The number of halogens is 2. The van der Waals surface area contributed by atoms with E-state index in [1.165, 1.54) is 12.1 Å². The molecule has 1 fully saturated rings. The molecule has 4 rings (SSSR count). The maximum absolute atomic E-state index is 14.8. The Balaban J connectivity index is 1.46. The number of imidazole rings is 1. The van der Waals surface area contributed by atoms with Crippen molar-refractivity contribution in [1.82, 2.24) is 15.0 Å². The first-order chi connectivity index (χ1) is 16.6. The number of fused-ring (bicyclic) bond motifs is 1. The summed E-state index contributed by atoms with van der Waals surface area (Å²) in [4.78, 5) is 22.9. The largest absolute Gasteiger partial charge is 0.493 e. The number of hydrogen-bond donors (Lipinski definition) is 2. The zero-order chi connectivity index (χ0) is 25.2. The minimum Gasteiger partial charge on any atom is -0.493 e. The van der Waals surface area contributed by atoms with E-state index in [-0.39, 0.29) is 52.4 Å². The fourth-order valence-electron chi connectivity index (χ4n) is 4.01. The number of ether oxygens (including phenoxy) is 2. The lowest BCUT2D eigenvalue weighted by atomic mass is 9.87. The molecular weight excluding hydrogens is 501 g/mol. The van der Waals surface area contributed by atoms with E-state index in [1.807, 2.05) is 0 Å². The van der Waals surface area contributed by atoms with Crippen molar-refractivity contribution in [2.45, 2.75) is 38.2 Å². The molecule has 0 aliphatic heterocycles. The van der Waals surface area contributed by atoms with Crippen LogP contribution in [0.4, 0.5) is 4.39 Å². The first-order valence-electron chi connectivity index (χ1n) is 11.2. The van der Waals surface area contributed by atoms with Gasteiger partial charge in [0, 0.05) is 17.9 Å². The Hall–Kier alpha value is -2.92. The zero-order valence-corrected chi connectivity index (χ0v) is 20.5. The highest BCUT2D eigenvalue weighted by atomic mass is 35.5. The Kier molecular flexibility index (Phi) is 7.46. The number of benzene rings is 1. The third kappa shape index (κ3) is 6.40. The fraction of sp³-hybridized carbons (Fsp3) is 0.435. The summed E-state index contributed by atoms with van der Waals surface area (Å²) in [6.45, 7) is 0.144. The standard InChI is InChI=1S/C23H25ClFN3O6S/c1-35(31,32)10-2-9-33-15-7-8-16(18(25)11-15)20-17(24)12-19-21(27-20)28-23(26-19)34-14-5-3-13(4-6-14)22(29)30/h7-8,11-14H,2-6,9-10H2,1H3,(H,29,30)(H,26,27,28). The lowest BCUT2D eigenvalue weighted by molar-refractivity contribution is -0.143. The first-order valence-corrected chi connectivity index (χ1v) is 13.6. The molecule has 0 bridgehead atoms. The first kappa shape index (κ1) is 25.2. The van der Waals surface area contributed by atoms with Crippen molar-refractivity contribution in [2.75, 3.05) is 18.6 Å². The maximum atomic E-state index is 14.8. The zero-order valence-electron chi connectivity index (χ0n) is 19.0. The molecule has 2 heterocycles. The monoisotopic (exact) mass is 525 g/mol. The van der Waals surface area contributed by atoms with Crippen LogP contribution in [0.25, 0.3) is 22.4 Å². The molecule has 9 nitrogen and oxygen atoms in total. The average molecular weight is 526 g/mol. The van der Waals surface area contributed by atoms with E-state index in [2.05, 4.69) is 15.0 Å². The van der Waals surface area contributed by atoms with Gasteiger partial charge in [0.1, 0.15) is 27.5 Å². The van der Waals surface area contributed by atoms with Crippen LogP contribution in [0.5, 0.6) is 11.8 Å². The number of aromatic amines is 1. The molecule has 188 valence electrons. The van der Waals surface area contributed by atoms with E-state index in [4.69, 9.17) is 26.2 Å². The van der Waals surface area contributed by atoms with Gasteiger partial charge >= 0.3 is 5.97 Å². The third-order valence-corrected chi connectivity index (χ3v) is 7.15. The van der Waals surface area contributed by atoms with E-state index < -0.39 is 21.6 Å². The van der Waals surface area contributed by atoms with Gasteiger partial charge in [0.2, 0.25) is 0 Å². The number of aromatic nitrogens is 3. The summed E-state index contributed by atoms with van der Waals surface area (Å²) in [6.07, 6.45) is 3.62. The van der Waals surface area contributed by atoms with Crippen LogP contribution in [-0.2, 0) is 14.6 Å². The summed E-state index contributed by atoms with van der Waals surface area (Å²) >= 11 is 6.38. The quantitative estimate of drug-likeness (QED) is 0.396. The number of hydrogen-bond acceptors (Lipinski definition) is 7. The minimum atomic E-state index is -3.08. The molecule has 35 heavy (non-hydrogen) atoms. The minimum absolute atomic E-state index is 0.00786. The van der Waals surface area contributed by atoms with Crippen molar-refractivity contribution >= 4 is 38.6 Å². The number of aliphatic carboxylic acids is 1. The van der Waals surface area contributed by atoms with Gasteiger partial charge in [-0.25, -0.2) is 17.8 Å². The number of H-pyrrole nitrogens is 1. The van der Waals surface area contributed by atoms with Crippen molar-refractivity contribution in [1.29, 1.82) is 0 Å². The fourth-order valence-corrected chi connectivity index (χ4v) is 4.91. The average Bonchev–Trinajstić information content (AvgIpc) is 3.17. The summed E-state index contributed by atoms with van der Waals surface area (Å²) in [7, 11) is -3.08. The van der Waals surface area contributed by atoms with E-state index in [0.29, 0.717) is 43.3 Å². The molecule has 0 atom stereocenters. The van der Waals surface area contributed by atoms with Crippen molar-refractivity contribution in [3.05, 3.63) is 35.1 Å². The highest BCUT2D eigenvalue weighted by molar-refractivity contribution is 7.90. The highest BCUT2D eigenvalue weighted by Gasteiger charge is 2.27. The molecular formula is C23H25ClFN3O6S. The molecule has 2 N–H and O–H groups in total.